The molecule has 0 unspecified atom stereocenters. The molecule has 148 valence electrons. The molecule has 0 amide bonds. The van der Waals surface area contributed by atoms with Crippen LogP contribution in [0.2, 0.25) is 0 Å². The minimum Gasteiger partial charge on any atom is -0.369 e. The molecule has 5 heteroatoms. The van der Waals surface area contributed by atoms with Crippen molar-refractivity contribution in [3.05, 3.63) is 29.8 Å². The van der Waals surface area contributed by atoms with Crippen molar-refractivity contribution in [3.8, 4) is 0 Å². The molecule has 1 aromatic carbocycles. The molecule has 0 aliphatic carbocycles. The SMILES string of the molecule is CC(C)(C)S(=O)(=O)CCCCCCCc1ccc(N2CCNCC2)cc1. The third-order valence-corrected chi connectivity index (χ3v) is 7.92. The number of sulfone groups is 1. The Morgan fingerprint density at radius 2 is 1.50 bits per heavy atom. The summed E-state index contributed by atoms with van der Waals surface area (Å²) in [4.78, 5) is 2.44. The monoisotopic (exact) mass is 380 g/mol. The number of hydrogen-bond donors (Lipinski definition) is 1. The standard InChI is InChI=1S/C21H36N2O2S/c1-21(2,3)26(24,25)18-8-6-4-5-7-9-19-10-12-20(13-11-19)23-16-14-22-15-17-23/h10-13,22H,4-9,14-18H2,1-3H3. The third-order valence-electron chi connectivity index (χ3n) is 5.23. The minimum atomic E-state index is -2.95. The number of piperazine rings is 1. The predicted molar refractivity (Wildman–Crippen MR) is 112 cm³/mol. The van der Waals surface area contributed by atoms with Gasteiger partial charge in [-0.05, 0) is 57.7 Å². The van der Waals surface area contributed by atoms with Gasteiger partial charge in [-0.25, -0.2) is 8.42 Å². The molecule has 0 saturated carbocycles. The predicted octanol–water partition coefficient (Wildman–Crippen LogP) is 3.80. The van der Waals surface area contributed by atoms with Crippen molar-refractivity contribution in [2.75, 3.05) is 36.8 Å². The Morgan fingerprint density at radius 1 is 0.923 bits per heavy atom. The highest BCUT2D eigenvalue weighted by molar-refractivity contribution is 7.92. The molecule has 1 fully saturated rings. The minimum absolute atomic E-state index is 0.323. The molecular formula is C21H36N2O2S. The Kier molecular flexibility index (Phi) is 7.96. The zero-order chi connectivity index (χ0) is 19.0. The van der Waals surface area contributed by atoms with Crippen LogP contribution in [0, 0.1) is 0 Å². The summed E-state index contributed by atoms with van der Waals surface area (Å²) in [7, 11) is -2.95. The second-order valence-electron chi connectivity index (χ2n) is 8.35. The van der Waals surface area contributed by atoms with E-state index in [-0.39, 0.29) is 0 Å². The highest BCUT2D eigenvalue weighted by atomic mass is 32.2. The summed E-state index contributed by atoms with van der Waals surface area (Å²) in [5.74, 6) is 0.323. The first-order chi connectivity index (χ1) is 12.3. The molecule has 1 aromatic rings. The fourth-order valence-electron chi connectivity index (χ4n) is 3.25. The molecule has 0 aromatic heterocycles. The van der Waals surface area contributed by atoms with Gasteiger partial charge in [0.2, 0.25) is 0 Å². The molecule has 1 N–H and O–H groups in total. The number of benzene rings is 1. The lowest BCUT2D eigenvalue weighted by Crippen LogP contribution is -2.43. The van der Waals surface area contributed by atoms with E-state index < -0.39 is 14.6 Å². The van der Waals surface area contributed by atoms with Gasteiger partial charge >= 0.3 is 0 Å². The van der Waals surface area contributed by atoms with Gasteiger partial charge in [0.25, 0.3) is 0 Å². The van der Waals surface area contributed by atoms with Crippen molar-refractivity contribution < 1.29 is 8.42 Å². The van der Waals surface area contributed by atoms with Crippen LogP contribution in [-0.2, 0) is 16.3 Å². The normalized spacial score (nSPS) is 16.0. The van der Waals surface area contributed by atoms with E-state index in [1.54, 1.807) is 20.8 Å². The lowest BCUT2D eigenvalue weighted by Gasteiger charge is -2.29. The molecule has 26 heavy (non-hydrogen) atoms. The van der Waals surface area contributed by atoms with E-state index in [0.29, 0.717) is 5.75 Å². The Bertz CT molecular complexity index is 627. The summed E-state index contributed by atoms with van der Waals surface area (Å²) in [6.45, 7) is 9.67. The first-order valence-electron chi connectivity index (χ1n) is 10.1. The van der Waals surface area contributed by atoms with Gasteiger partial charge in [0.15, 0.2) is 9.84 Å². The van der Waals surface area contributed by atoms with Crippen LogP contribution in [0.5, 0.6) is 0 Å². The summed E-state index contributed by atoms with van der Waals surface area (Å²) in [6, 6.07) is 9.01. The highest BCUT2D eigenvalue weighted by Crippen LogP contribution is 2.19. The second kappa shape index (κ2) is 9.75. The molecule has 0 radical (unpaired) electrons. The van der Waals surface area contributed by atoms with E-state index in [4.69, 9.17) is 0 Å². The van der Waals surface area contributed by atoms with Gasteiger partial charge in [0, 0.05) is 31.9 Å². The van der Waals surface area contributed by atoms with Crippen LogP contribution in [0.4, 0.5) is 5.69 Å². The van der Waals surface area contributed by atoms with E-state index in [0.717, 1.165) is 51.9 Å². The van der Waals surface area contributed by atoms with Gasteiger partial charge in [0.05, 0.1) is 10.5 Å². The van der Waals surface area contributed by atoms with Crippen LogP contribution in [0.25, 0.3) is 0 Å². The molecule has 0 bridgehead atoms. The number of nitrogens with zero attached hydrogens (tertiary/aromatic N) is 1. The van der Waals surface area contributed by atoms with Crippen LogP contribution < -0.4 is 10.2 Å². The highest BCUT2D eigenvalue weighted by Gasteiger charge is 2.27. The van der Waals surface area contributed by atoms with E-state index in [2.05, 4.69) is 34.5 Å². The molecule has 1 aliphatic rings. The number of unbranched alkanes of at least 4 members (excludes halogenated alkanes) is 4. The summed E-state index contributed by atoms with van der Waals surface area (Å²) < 4.78 is 23.5. The smallest absolute Gasteiger partial charge is 0.155 e. The van der Waals surface area contributed by atoms with Gasteiger partial charge in [0.1, 0.15) is 0 Å². The first kappa shape index (κ1) is 21.2. The number of anilines is 1. The number of hydrogen-bond acceptors (Lipinski definition) is 4. The number of nitrogens with one attached hydrogen (secondary N) is 1. The third kappa shape index (κ3) is 6.58. The van der Waals surface area contributed by atoms with Crippen molar-refractivity contribution in [2.24, 2.45) is 0 Å². The molecule has 1 aliphatic heterocycles. The number of rotatable bonds is 9. The van der Waals surface area contributed by atoms with Crippen LogP contribution >= 0.6 is 0 Å². The van der Waals surface area contributed by atoms with Gasteiger partial charge < -0.3 is 10.2 Å². The van der Waals surface area contributed by atoms with Crippen molar-refractivity contribution in [1.82, 2.24) is 5.32 Å². The summed E-state index contributed by atoms with van der Waals surface area (Å²) in [6.07, 6.45) is 6.39. The summed E-state index contributed by atoms with van der Waals surface area (Å²) in [5.41, 5.74) is 2.73. The van der Waals surface area contributed by atoms with Crippen molar-refractivity contribution in [3.63, 3.8) is 0 Å². The van der Waals surface area contributed by atoms with Crippen molar-refractivity contribution in [2.45, 2.75) is 64.0 Å². The average Bonchev–Trinajstić information content (AvgIpc) is 2.61. The van der Waals surface area contributed by atoms with Crippen LogP contribution in [0.1, 0.15) is 58.4 Å². The molecular weight excluding hydrogens is 344 g/mol. The average molecular weight is 381 g/mol. The lowest BCUT2D eigenvalue weighted by molar-refractivity contribution is 0.552. The van der Waals surface area contributed by atoms with Gasteiger partial charge in [-0.15, -0.1) is 0 Å². The maximum atomic E-state index is 12.1. The first-order valence-corrected chi connectivity index (χ1v) is 11.7. The van der Waals surface area contributed by atoms with E-state index in [1.807, 2.05) is 0 Å². The molecule has 0 spiro atoms. The zero-order valence-electron chi connectivity index (χ0n) is 16.8. The molecule has 2 rings (SSSR count). The van der Waals surface area contributed by atoms with Crippen LogP contribution in [-0.4, -0.2) is 45.1 Å². The Morgan fingerprint density at radius 3 is 2.12 bits per heavy atom. The van der Waals surface area contributed by atoms with Crippen LogP contribution in [0.3, 0.4) is 0 Å². The summed E-state index contributed by atoms with van der Waals surface area (Å²) in [5, 5.41) is 3.39. The maximum absolute atomic E-state index is 12.1. The zero-order valence-corrected chi connectivity index (χ0v) is 17.6. The van der Waals surface area contributed by atoms with Crippen molar-refractivity contribution >= 4 is 15.5 Å². The fraction of sp³-hybridized carbons (Fsp3) is 0.714. The number of aryl methyl sites for hydroxylation is 1. The molecule has 1 heterocycles. The van der Waals surface area contributed by atoms with Gasteiger partial charge in [-0.3, -0.25) is 0 Å². The topological polar surface area (TPSA) is 49.4 Å². The molecule has 1 saturated heterocycles. The molecule has 0 atom stereocenters. The van der Waals surface area contributed by atoms with Crippen LogP contribution in [0.15, 0.2) is 24.3 Å². The van der Waals surface area contributed by atoms with Gasteiger partial charge in [-0.1, -0.05) is 31.4 Å². The molecule has 4 nitrogen and oxygen atoms in total. The second-order valence-corrected chi connectivity index (χ2v) is 11.2. The fourth-order valence-corrected chi connectivity index (χ4v) is 4.45. The van der Waals surface area contributed by atoms with E-state index in [1.165, 1.54) is 24.1 Å². The van der Waals surface area contributed by atoms with Gasteiger partial charge in [-0.2, -0.15) is 0 Å². The Hall–Kier alpha value is -1.07. The van der Waals surface area contributed by atoms with Crippen molar-refractivity contribution in [1.29, 1.82) is 0 Å². The quantitative estimate of drug-likeness (QED) is 0.662. The van der Waals surface area contributed by atoms with E-state index in [9.17, 15) is 8.42 Å². The summed E-state index contributed by atoms with van der Waals surface area (Å²) >= 11 is 0. The Labute approximate surface area is 160 Å². The maximum Gasteiger partial charge on any atom is 0.155 e. The largest absolute Gasteiger partial charge is 0.369 e. The lowest BCUT2D eigenvalue weighted by atomic mass is 10.0. The van der Waals surface area contributed by atoms with E-state index >= 15 is 0 Å². The Balaban J connectivity index is 1.60.